The normalized spacial score (nSPS) is 11.3. The minimum absolute atomic E-state index is 0.00340. The second kappa shape index (κ2) is 6.97. The second-order valence-corrected chi connectivity index (χ2v) is 5.91. The summed E-state index contributed by atoms with van der Waals surface area (Å²) in [5.74, 6) is 0.322. The molecule has 0 aliphatic carbocycles. The zero-order chi connectivity index (χ0) is 17.1. The van der Waals surface area contributed by atoms with E-state index in [0.29, 0.717) is 5.82 Å². The number of para-hydroxylation sites is 1. The number of rotatable bonds is 6. The Labute approximate surface area is 140 Å². The lowest BCUT2D eigenvalue weighted by molar-refractivity contribution is -0.119. The van der Waals surface area contributed by atoms with Gasteiger partial charge in [-0.1, -0.05) is 31.5 Å². The lowest BCUT2D eigenvalue weighted by Gasteiger charge is -2.04. The number of pyridine rings is 1. The fourth-order valence-electron chi connectivity index (χ4n) is 2.79. The van der Waals surface area contributed by atoms with E-state index in [1.165, 1.54) is 7.11 Å². The Kier molecular flexibility index (Phi) is 4.76. The molecule has 0 unspecified atom stereocenters. The summed E-state index contributed by atoms with van der Waals surface area (Å²) in [4.78, 5) is 16.7. The van der Waals surface area contributed by atoms with E-state index < -0.39 is 0 Å². The number of methoxy groups -OCH3 is 1. The Balaban J connectivity index is 2.14. The summed E-state index contributed by atoms with van der Waals surface area (Å²) < 4.78 is 6.77. The van der Waals surface area contributed by atoms with Gasteiger partial charge >= 0.3 is 0 Å². The molecule has 2 heterocycles. The van der Waals surface area contributed by atoms with Crippen LogP contribution in [0.4, 0.5) is 5.82 Å². The average Bonchev–Trinajstić information content (AvgIpc) is 2.89. The van der Waals surface area contributed by atoms with Crippen molar-refractivity contribution in [3.63, 3.8) is 0 Å². The highest BCUT2D eigenvalue weighted by Crippen LogP contribution is 2.27. The van der Waals surface area contributed by atoms with Crippen molar-refractivity contribution in [2.24, 2.45) is 0 Å². The molecule has 6 heteroatoms. The Bertz CT molecular complexity index is 885. The summed E-state index contributed by atoms with van der Waals surface area (Å²) >= 11 is 0. The lowest BCUT2D eigenvalue weighted by Crippen LogP contribution is -2.17. The molecule has 24 heavy (non-hydrogen) atoms. The number of ether oxygens (including phenoxy) is 1. The van der Waals surface area contributed by atoms with Crippen LogP contribution in [0.15, 0.2) is 24.3 Å². The van der Waals surface area contributed by atoms with Crippen LogP contribution in [0, 0.1) is 6.92 Å². The van der Waals surface area contributed by atoms with Gasteiger partial charge in [-0.15, -0.1) is 0 Å². The van der Waals surface area contributed by atoms with Crippen LogP contribution in [0.3, 0.4) is 0 Å². The third-order valence-electron chi connectivity index (χ3n) is 4.00. The molecule has 1 N–H and O–H groups in total. The monoisotopic (exact) mass is 326 g/mol. The molecule has 0 saturated carbocycles. The van der Waals surface area contributed by atoms with Crippen LogP contribution < -0.4 is 5.32 Å². The van der Waals surface area contributed by atoms with Crippen LogP contribution in [0.2, 0.25) is 0 Å². The van der Waals surface area contributed by atoms with Gasteiger partial charge in [-0.2, -0.15) is 5.10 Å². The number of carbonyl (C=O) groups excluding carboxylic acids is 1. The maximum Gasteiger partial charge on any atom is 0.251 e. The Morgan fingerprint density at radius 3 is 2.96 bits per heavy atom. The summed E-state index contributed by atoms with van der Waals surface area (Å²) in [5.41, 5.74) is 2.90. The number of nitrogens with zero attached hydrogens (tertiary/aromatic N) is 3. The first-order valence-electron chi connectivity index (χ1n) is 8.19. The van der Waals surface area contributed by atoms with Crippen LogP contribution in [0.5, 0.6) is 0 Å². The predicted octanol–water partition coefficient (Wildman–Crippen LogP) is 3.28. The van der Waals surface area contributed by atoms with E-state index in [4.69, 9.17) is 9.72 Å². The number of hydrogen-bond donors (Lipinski definition) is 1. The fourth-order valence-corrected chi connectivity index (χ4v) is 2.79. The van der Waals surface area contributed by atoms with Gasteiger partial charge in [0, 0.05) is 19.0 Å². The third kappa shape index (κ3) is 3.10. The van der Waals surface area contributed by atoms with E-state index in [-0.39, 0.29) is 12.5 Å². The highest BCUT2D eigenvalue weighted by Gasteiger charge is 2.15. The number of fused-ring (bicyclic) bond motifs is 2. The molecule has 0 spiro atoms. The van der Waals surface area contributed by atoms with E-state index in [1.807, 2.05) is 22.9 Å². The van der Waals surface area contributed by atoms with Crippen molar-refractivity contribution < 1.29 is 9.53 Å². The largest absolute Gasteiger partial charge is 0.375 e. The van der Waals surface area contributed by atoms with Gasteiger partial charge in [0.1, 0.15) is 6.61 Å². The molecular weight excluding hydrogens is 304 g/mol. The number of hydrogen-bond acceptors (Lipinski definition) is 4. The van der Waals surface area contributed by atoms with Crippen molar-refractivity contribution in [3.8, 4) is 0 Å². The van der Waals surface area contributed by atoms with Gasteiger partial charge in [0.15, 0.2) is 11.5 Å². The molecule has 0 saturated heterocycles. The number of amides is 1. The predicted molar refractivity (Wildman–Crippen MR) is 95.2 cm³/mol. The van der Waals surface area contributed by atoms with E-state index >= 15 is 0 Å². The first kappa shape index (κ1) is 16.4. The maximum atomic E-state index is 11.9. The van der Waals surface area contributed by atoms with Gasteiger partial charge < -0.3 is 10.1 Å². The molecule has 6 nitrogen and oxygen atoms in total. The number of aromatic nitrogens is 3. The van der Waals surface area contributed by atoms with Crippen molar-refractivity contribution in [3.05, 3.63) is 29.8 Å². The molecule has 1 amide bonds. The van der Waals surface area contributed by atoms with Crippen molar-refractivity contribution in [2.75, 3.05) is 19.0 Å². The second-order valence-electron chi connectivity index (χ2n) is 5.91. The quantitative estimate of drug-likeness (QED) is 0.755. The van der Waals surface area contributed by atoms with Gasteiger partial charge in [-0.25, -0.2) is 9.67 Å². The molecule has 0 fully saturated rings. The van der Waals surface area contributed by atoms with Gasteiger partial charge in [-0.3, -0.25) is 4.79 Å². The molecule has 0 radical (unpaired) electrons. The van der Waals surface area contributed by atoms with E-state index in [2.05, 4.69) is 30.3 Å². The number of aryl methyl sites for hydroxylation is 2. The van der Waals surface area contributed by atoms with Gasteiger partial charge in [0.05, 0.1) is 10.9 Å². The summed E-state index contributed by atoms with van der Waals surface area (Å²) in [6.07, 6.45) is 2.08. The minimum atomic E-state index is -0.219. The number of benzene rings is 1. The van der Waals surface area contributed by atoms with E-state index in [9.17, 15) is 4.79 Å². The zero-order valence-electron chi connectivity index (χ0n) is 14.3. The molecular formula is C18H22N4O2. The fraction of sp³-hybridized carbons (Fsp3) is 0.389. The number of nitrogens with one attached hydrogen (secondary N) is 1. The summed E-state index contributed by atoms with van der Waals surface area (Å²) in [6, 6.07) is 8.13. The molecule has 0 atom stereocenters. The zero-order valence-corrected chi connectivity index (χ0v) is 14.3. The van der Waals surface area contributed by atoms with Crippen molar-refractivity contribution in [1.82, 2.24) is 14.8 Å². The molecule has 0 aliphatic rings. The molecule has 1 aromatic carbocycles. The molecule has 0 aliphatic heterocycles. The highest BCUT2D eigenvalue weighted by atomic mass is 16.5. The van der Waals surface area contributed by atoms with Crippen LogP contribution in [0.25, 0.3) is 21.9 Å². The van der Waals surface area contributed by atoms with Gasteiger partial charge in [-0.05, 0) is 25.0 Å². The van der Waals surface area contributed by atoms with Crippen LogP contribution in [0.1, 0.15) is 25.3 Å². The molecule has 0 bridgehead atoms. The Morgan fingerprint density at radius 1 is 1.38 bits per heavy atom. The standard InChI is InChI=1S/C18H22N4O2/c1-4-5-9-22-18-14(17(21-22)19-15(23)11-24-3)10-13-8-6-7-12(2)16(13)20-18/h6-8,10H,4-5,9,11H2,1-3H3,(H,19,21,23). The first-order valence-corrected chi connectivity index (χ1v) is 8.19. The van der Waals surface area contributed by atoms with Crippen molar-refractivity contribution in [2.45, 2.75) is 33.2 Å². The van der Waals surface area contributed by atoms with E-state index in [1.54, 1.807) is 0 Å². The summed E-state index contributed by atoms with van der Waals surface area (Å²) in [5, 5.41) is 9.29. The van der Waals surface area contributed by atoms with Crippen LogP contribution in [-0.2, 0) is 16.1 Å². The van der Waals surface area contributed by atoms with Crippen molar-refractivity contribution in [1.29, 1.82) is 0 Å². The highest BCUT2D eigenvalue weighted by molar-refractivity contribution is 6.03. The number of carbonyl (C=O) groups is 1. The maximum absolute atomic E-state index is 11.9. The minimum Gasteiger partial charge on any atom is -0.375 e. The summed E-state index contributed by atoms with van der Waals surface area (Å²) in [6.45, 7) is 4.97. The topological polar surface area (TPSA) is 69.0 Å². The van der Waals surface area contributed by atoms with E-state index in [0.717, 1.165) is 46.9 Å². The average molecular weight is 326 g/mol. The Hall–Kier alpha value is -2.47. The molecule has 2 aromatic heterocycles. The first-order chi connectivity index (χ1) is 11.6. The molecule has 3 rings (SSSR count). The SMILES string of the molecule is CCCCn1nc(NC(=O)COC)c2cc3cccc(C)c3nc21. The van der Waals surface area contributed by atoms with Crippen LogP contribution in [-0.4, -0.2) is 34.4 Å². The lowest BCUT2D eigenvalue weighted by atomic mass is 10.1. The Morgan fingerprint density at radius 2 is 2.21 bits per heavy atom. The molecule has 126 valence electrons. The van der Waals surface area contributed by atoms with Gasteiger partial charge in [0.2, 0.25) is 0 Å². The number of anilines is 1. The number of unbranched alkanes of at least 4 members (excludes halogenated alkanes) is 1. The van der Waals surface area contributed by atoms with Gasteiger partial charge in [0.25, 0.3) is 5.91 Å². The summed E-state index contributed by atoms with van der Waals surface area (Å²) in [7, 11) is 1.50. The third-order valence-corrected chi connectivity index (χ3v) is 4.00. The van der Waals surface area contributed by atoms with Crippen molar-refractivity contribution >= 4 is 33.7 Å². The van der Waals surface area contributed by atoms with Crippen LogP contribution >= 0.6 is 0 Å². The molecule has 3 aromatic rings. The smallest absolute Gasteiger partial charge is 0.251 e.